The van der Waals surface area contributed by atoms with Crippen molar-refractivity contribution in [1.82, 2.24) is 0 Å². The Bertz CT molecular complexity index is 1070. The summed E-state index contributed by atoms with van der Waals surface area (Å²) in [5.74, 6) is 0.382. The lowest BCUT2D eigenvalue weighted by atomic mass is 10.2. The molecule has 0 saturated heterocycles. The second-order valence-electron chi connectivity index (χ2n) is 7.26. The quantitative estimate of drug-likeness (QED) is 0.182. The number of hydrogen-bond acceptors (Lipinski definition) is 8. The van der Waals surface area contributed by atoms with E-state index in [1.165, 1.54) is 0 Å². The molecule has 0 heterocycles. The van der Waals surface area contributed by atoms with Crippen molar-refractivity contribution in [3.8, 4) is 11.5 Å². The van der Waals surface area contributed by atoms with Gasteiger partial charge in [0, 0.05) is 15.4 Å². The van der Waals surface area contributed by atoms with Crippen molar-refractivity contribution in [1.29, 1.82) is 0 Å². The van der Waals surface area contributed by atoms with E-state index in [1.54, 1.807) is 48.5 Å². The van der Waals surface area contributed by atoms with Crippen molar-refractivity contribution in [2.45, 2.75) is 36.2 Å². The zero-order valence-corrected chi connectivity index (χ0v) is 21.4. The summed E-state index contributed by atoms with van der Waals surface area (Å²) in [5.41, 5.74) is 3.21. The SMILES string of the molecule is OCc1ccc(O)cc1.OCc1ccc(S)cc1.OCc1cccc(S)c1.OCc1ccccc1O. The van der Waals surface area contributed by atoms with Gasteiger partial charge >= 0.3 is 0 Å². The van der Waals surface area contributed by atoms with Crippen LogP contribution in [0.4, 0.5) is 0 Å². The minimum Gasteiger partial charge on any atom is -0.508 e. The highest BCUT2D eigenvalue weighted by atomic mass is 32.1. The lowest BCUT2D eigenvalue weighted by molar-refractivity contribution is 0.275. The van der Waals surface area contributed by atoms with Crippen LogP contribution in [0.2, 0.25) is 0 Å². The highest BCUT2D eigenvalue weighted by Crippen LogP contribution is 2.14. The van der Waals surface area contributed by atoms with Crippen LogP contribution in [0.25, 0.3) is 0 Å². The fourth-order valence-electron chi connectivity index (χ4n) is 2.50. The van der Waals surface area contributed by atoms with Crippen molar-refractivity contribution in [2.24, 2.45) is 0 Å². The second-order valence-corrected chi connectivity index (χ2v) is 8.30. The number of phenols is 2. The van der Waals surface area contributed by atoms with Gasteiger partial charge in [0.25, 0.3) is 0 Å². The number of aliphatic hydroxyl groups is 4. The Kier molecular flexibility index (Phi) is 15.8. The molecule has 0 aliphatic rings. The summed E-state index contributed by atoms with van der Waals surface area (Å²) in [6.45, 7) is 0.120. The van der Waals surface area contributed by atoms with Crippen LogP contribution in [0.3, 0.4) is 0 Å². The number of thiol groups is 2. The summed E-state index contributed by atoms with van der Waals surface area (Å²) in [4.78, 5) is 1.81. The molecule has 6 nitrogen and oxygen atoms in total. The molecule has 8 heteroatoms. The van der Waals surface area contributed by atoms with Crippen molar-refractivity contribution >= 4 is 25.3 Å². The number of benzene rings is 4. The number of phenolic OH excluding ortho intramolecular Hbond substituents is 1. The molecule has 0 fully saturated rings. The molecule has 0 amide bonds. The normalized spacial score (nSPS) is 9.50. The molecular weight excluding hydrogens is 496 g/mol. The van der Waals surface area contributed by atoms with Crippen LogP contribution in [0.5, 0.6) is 11.5 Å². The lowest BCUT2D eigenvalue weighted by Crippen LogP contribution is -1.80. The topological polar surface area (TPSA) is 121 Å². The standard InChI is InChI=1S/2C7H8O2.2C7H8OS/c8-5-6-1-3-7(9)4-2-6;8-5-6-3-1-2-4-7(6)9;8-5-6-1-3-7(9)4-2-6;8-5-6-2-1-3-7(9)4-6/h4*1-4,8-9H,5H2. The molecule has 4 aromatic carbocycles. The van der Waals surface area contributed by atoms with E-state index in [9.17, 15) is 0 Å². The Morgan fingerprint density at radius 2 is 1.00 bits per heavy atom. The van der Waals surface area contributed by atoms with Gasteiger partial charge in [-0.05, 0) is 59.2 Å². The first-order valence-electron chi connectivity index (χ1n) is 10.9. The van der Waals surface area contributed by atoms with Crippen LogP contribution in [0.15, 0.2) is 107 Å². The molecule has 0 saturated carbocycles. The third-order valence-electron chi connectivity index (χ3n) is 4.49. The van der Waals surface area contributed by atoms with Gasteiger partial charge in [0.15, 0.2) is 0 Å². The number of aromatic hydroxyl groups is 2. The van der Waals surface area contributed by atoms with Gasteiger partial charge < -0.3 is 30.6 Å². The van der Waals surface area contributed by atoms with Crippen LogP contribution in [0.1, 0.15) is 22.3 Å². The van der Waals surface area contributed by atoms with Crippen molar-refractivity contribution in [2.75, 3.05) is 0 Å². The molecule has 4 rings (SSSR count). The molecule has 36 heavy (non-hydrogen) atoms. The van der Waals surface area contributed by atoms with Crippen LogP contribution in [-0.2, 0) is 26.4 Å². The van der Waals surface area contributed by atoms with Crippen LogP contribution >= 0.6 is 25.3 Å². The van der Waals surface area contributed by atoms with E-state index < -0.39 is 0 Å². The fraction of sp³-hybridized carbons (Fsp3) is 0.143. The first kappa shape index (κ1) is 31.1. The maximum absolute atomic E-state index is 8.95. The maximum atomic E-state index is 8.95. The zero-order chi connectivity index (χ0) is 26.8. The van der Waals surface area contributed by atoms with Crippen molar-refractivity contribution < 1.29 is 30.6 Å². The largest absolute Gasteiger partial charge is 0.508 e. The molecule has 0 aliphatic carbocycles. The number of aliphatic hydroxyl groups excluding tert-OH is 4. The molecule has 0 aliphatic heterocycles. The van der Waals surface area contributed by atoms with Gasteiger partial charge in [-0.15, -0.1) is 25.3 Å². The van der Waals surface area contributed by atoms with Crippen molar-refractivity contribution in [3.05, 3.63) is 119 Å². The summed E-state index contributed by atoms with van der Waals surface area (Å²) < 4.78 is 0. The van der Waals surface area contributed by atoms with Crippen LogP contribution in [-0.4, -0.2) is 30.6 Å². The van der Waals surface area contributed by atoms with Gasteiger partial charge in [0.1, 0.15) is 11.5 Å². The third-order valence-corrected chi connectivity index (χ3v) is 5.07. The van der Waals surface area contributed by atoms with Gasteiger partial charge in [0.05, 0.1) is 26.4 Å². The molecule has 4 aromatic rings. The van der Waals surface area contributed by atoms with Gasteiger partial charge in [0.2, 0.25) is 0 Å². The van der Waals surface area contributed by atoms with E-state index in [4.69, 9.17) is 30.6 Å². The average molecular weight is 529 g/mol. The van der Waals surface area contributed by atoms with Crippen molar-refractivity contribution in [3.63, 3.8) is 0 Å². The molecule has 0 spiro atoms. The zero-order valence-electron chi connectivity index (χ0n) is 19.6. The average Bonchev–Trinajstić information content (AvgIpc) is 2.91. The van der Waals surface area contributed by atoms with Crippen LogP contribution in [0, 0.1) is 0 Å². The predicted octanol–water partition coefficient (Wildman–Crippen LogP) is 4.70. The summed E-state index contributed by atoms with van der Waals surface area (Å²) >= 11 is 8.19. The molecule has 0 atom stereocenters. The molecule has 0 radical (unpaired) electrons. The van der Waals surface area contributed by atoms with Gasteiger partial charge in [-0.2, -0.15) is 0 Å². The second kappa shape index (κ2) is 18.3. The molecular formula is C28H32O6S2. The Labute approximate surface area is 222 Å². The first-order chi connectivity index (χ1) is 17.3. The number of para-hydroxylation sites is 1. The number of hydrogen-bond donors (Lipinski definition) is 8. The minimum absolute atomic E-state index is 0.0281. The molecule has 192 valence electrons. The lowest BCUT2D eigenvalue weighted by Gasteiger charge is -1.96. The van der Waals surface area contributed by atoms with E-state index in [1.807, 2.05) is 48.5 Å². The van der Waals surface area contributed by atoms with E-state index in [2.05, 4.69) is 25.3 Å². The summed E-state index contributed by atoms with van der Waals surface area (Å²) in [5, 5.41) is 52.1. The summed E-state index contributed by atoms with van der Waals surface area (Å²) in [7, 11) is 0. The third kappa shape index (κ3) is 13.2. The first-order valence-corrected chi connectivity index (χ1v) is 11.8. The Morgan fingerprint density at radius 3 is 1.42 bits per heavy atom. The van der Waals surface area contributed by atoms with E-state index in [0.29, 0.717) is 5.56 Å². The molecule has 0 aromatic heterocycles. The summed E-state index contributed by atoms with van der Waals surface area (Å²) in [6, 6.07) is 28.0. The molecule has 0 unspecified atom stereocenters. The maximum Gasteiger partial charge on any atom is 0.121 e. The van der Waals surface area contributed by atoms with Gasteiger partial charge in [-0.1, -0.05) is 54.6 Å². The predicted molar refractivity (Wildman–Crippen MR) is 147 cm³/mol. The monoisotopic (exact) mass is 528 g/mol. The fourth-order valence-corrected chi connectivity index (χ4v) is 2.90. The molecule has 6 N–H and O–H groups in total. The highest BCUT2D eigenvalue weighted by molar-refractivity contribution is 7.80. The van der Waals surface area contributed by atoms with Gasteiger partial charge in [-0.25, -0.2) is 0 Å². The minimum atomic E-state index is -0.104. The van der Waals surface area contributed by atoms with E-state index >= 15 is 0 Å². The van der Waals surface area contributed by atoms with Crippen LogP contribution < -0.4 is 0 Å². The smallest absolute Gasteiger partial charge is 0.121 e. The van der Waals surface area contributed by atoms with E-state index in [-0.39, 0.29) is 37.9 Å². The molecule has 0 bridgehead atoms. The highest BCUT2D eigenvalue weighted by Gasteiger charge is 1.93. The number of rotatable bonds is 4. The Morgan fingerprint density at radius 1 is 0.472 bits per heavy atom. The Balaban J connectivity index is 0.000000240. The van der Waals surface area contributed by atoms with E-state index in [0.717, 1.165) is 26.5 Å². The summed E-state index contributed by atoms with van der Waals surface area (Å²) in [6.07, 6.45) is 0. The van der Waals surface area contributed by atoms with Gasteiger partial charge in [-0.3, -0.25) is 0 Å². The Hall–Kier alpha value is -2.98.